The molecule has 0 radical (unpaired) electrons. The van der Waals surface area contributed by atoms with Gasteiger partial charge >= 0.3 is 5.97 Å². The Hall–Kier alpha value is -2.54. The topological polar surface area (TPSA) is 62.7 Å². The van der Waals surface area contributed by atoms with Crippen molar-refractivity contribution in [3.8, 4) is 0 Å². The molecular formula is C23H26FN3O3. The molecule has 3 saturated heterocycles. The molecule has 1 unspecified atom stereocenters. The standard InChI is InChI=1S/C23H26FN3O3/c24-18-5-3-4-16-6-7-19(25-20(16)18)21(28)27-12-8-23(9-13-27)14-17(30-22(23)29)15-26-10-1-2-11-26/h3-7,17H,1-2,8-15H2. The number of piperidine rings is 1. The van der Waals surface area contributed by atoms with Gasteiger partial charge in [0.05, 0.1) is 5.41 Å². The third-order valence-corrected chi connectivity index (χ3v) is 6.88. The number of pyridine rings is 1. The van der Waals surface area contributed by atoms with E-state index >= 15 is 0 Å². The number of rotatable bonds is 3. The molecule has 0 saturated carbocycles. The van der Waals surface area contributed by atoms with E-state index in [2.05, 4.69) is 9.88 Å². The highest BCUT2D eigenvalue weighted by atomic mass is 19.1. The molecule has 2 aromatic rings. The number of cyclic esters (lactones) is 1. The average Bonchev–Trinajstić information content (AvgIpc) is 3.36. The Labute approximate surface area is 175 Å². The number of likely N-dealkylation sites (tertiary alicyclic amines) is 2. The highest BCUT2D eigenvalue weighted by molar-refractivity contribution is 5.95. The van der Waals surface area contributed by atoms with Crippen LogP contribution in [0.25, 0.3) is 10.9 Å². The van der Waals surface area contributed by atoms with E-state index in [4.69, 9.17) is 4.74 Å². The van der Waals surface area contributed by atoms with E-state index in [0.29, 0.717) is 31.3 Å². The Morgan fingerprint density at radius 2 is 1.90 bits per heavy atom. The zero-order valence-corrected chi connectivity index (χ0v) is 17.0. The van der Waals surface area contributed by atoms with E-state index in [1.165, 1.54) is 18.9 Å². The summed E-state index contributed by atoms with van der Waals surface area (Å²) in [6.45, 7) is 3.97. The van der Waals surface area contributed by atoms with Gasteiger partial charge in [-0.3, -0.25) is 14.5 Å². The van der Waals surface area contributed by atoms with Gasteiger partial charge in [0.15, 0.2) is 0 Å². The predicted molar refractivity (Wildman–Crippen MR) is 109 cm³/mol. The summed E-state index contributed by atoms with van der Waals surface area (Å²) < 4.78 is 19.8. The molecule has 1 amide bonds. The molecule has 30 heavy (non-hydrogen) atoms. The van der Waals surface area contributed by atoms with E-state index in [1.54, 1.807) is 29.2 Å². The summed E-state index contributed by atoms with van der Waals surface area (Å²) in [5.41, 5.74) is -0.0187. The van der Waals surface area contributed by atoms with Crippen molar-refractivity contribution < 1.29 is 18.7 Å². The maximum Gasteiger partial charge on any atom is 0.312 e. The molecule has 1 aromatic heterocycles. The largest absolute Gasteiger partial charge is 0.461 e. The molecule has 6 nitrogen and oxygen atoms in total. The van der Waals surface area contributed by atoms with Crippen molar-refractivity contribution in [1.82, 2.24) is 14.8 Å². The normalized spacial score (nSPS) is 24.0. The van der Waals surface area contributed by atoms with Crippen LogP contribution in [0.15, 0.2) is 30.3 Å². The number of benzene rings is 1. The lowest BCUT2D eigenvalue weighted by molar-refractivity contribution is -0.150. The first-order chi connectivity index (χ1) is 14.5. The molecule has 3 fully saturated rings. The lowest BCUT2D eigenvalue weighted by atomic mass is 9.76. The second-order valence-corrected chi connectivity index (χ2v) is 8.82. The van der Waals surface area contributed by atoms with E-state index < -0.39 is 11.2 Å². The monoisotopic (exact) mass is 411 g/mol. The minimum Gasteiger partial charge on any atom is -0.461 e. The number of carbonyl (C=O) groups excluding carboxylic acids is 2. The van der Waals surface area contributed by atoms with Crippen LogP contribution in [0.5, 0.6) is 0 Å². The number of ether oxygens (including phenoxy) is 1. The van der Waals surface area contributed by atoms with Crippen molar-refractivity contribution >= 4 is 22.8 Å². The van der Waals surface area contributed by atoms with E-state index in [-0.39, 0.29) is 29.2 Å². The second kappa shape index (κ2) is 7.61. The molecule has 0 aliphatic carbocycles. The molecule has 1 spiro atoms. The average molecular weight is 411 g/mol. The SMILES string of the molecule is O=C(c1ccc2cccc(F)c2n1)N1CCC2(CC1)CC(CN1CCCC1)OC2=O. The molecule has 5 rings (SSSR count). The smallest absolute Gasteiger partial charge is 0.312 e. The van der Waals surface area contributed by atoms with Crippen LogP contribution in [0.1, 0.15) is 42.6 Å². The number of esters is 1. The number of hydrogen-bond acceptors (Lipinski definition) is 5. The Balaban J connectivity index is 1.25. The first-order valence-corrected chi connectivity index (χ1v) is 10.8. The van der Waals surface area contributed by atoms with Crippen molar-refractivity contribution in [1.29, 1.82) is 0 Å². The fourth-order valence-electron chi connectivity index (χ4n) is 5.13. The van der Waals surface area contributed by atoms with Gasteiger partial charge in [0.1, 0.15) is 23.1 Å². The number of halogens is 1. The Kier molecular flexibility index (Phi) is 4.93. The maximum absolute atomic E-state index is 14.1. The van der Waals surface area contributed by atoms with Crippen molar-refractivity contribution in [3.63, 3.8) is 0 Å². The zero-order chi connectivity index (χ0) is 20.7. The van der Waals surface area contributed by atoms with Crippen LogP contribution in [-0.2, 0) is 9.53 Å². The van der Waals surface area contributed by atoms with Crippen LogP contribution in [0.2, 0.25) is 0 Å². The number of nitrogens with zero attached hydrogens (tertiary/aromatic N) is 3. The van der Waals surface area contributed by atoms with Gasteiger partial charge in [0.2, 0.25) is 0 Å². The van der Waals surface area contributed by atoms with E-state index in [0.717, 1.165) is 26.1 Å². The highest BCUT2D eigenvalue weighted by Gasteiger charge is 2.51. The van der Waals surface area contributed by atoms with Crippen LogP contribution in [0, 0.1) is 11.2 Å². The second-order valence-electron chi connectivity index (χ2n) is 8.82. The number of amides is 1. The Morgan fingerprint density at radius 1 is 1.13 bits per heavy atom. The summed E-state index contributed by atoms with van der Waals surface area (Å²) in [6.07, 6.45) is 4.35. The van der Waals surface area contributed by atoms with Crippen molar-refractivity contribution in [3.05, 3.63) is 41.8 Å². The lowest BCUT2D eigenvalue weighted by Crippen LogP contribution is -2.45. The molecule has 4 heterocycles. The fourth-order valence-corrected chi connectivity index (χ4v) is 5.13. The predicted octanol–water partition coefficient (Wildman–Crippen LogP) is 3.01. The minimum absolute atomic E-state index is 0.0389. The Bertz CT molecular complexity index is 981. The third kappa shape index (κ3) is 3.45. The number of carbonyl (C=O) groups is 2. The summed E-state index contributed by atoms with van der Waals surface area (Å²) in [7, 11) is 0. The molecule has 3 aliphatic rings. The molecule has 1 aromatic carbocycles. The van der Waals surface area contributed by atoms with Gasteiger partial charge in [-0.15, -0.1) is 0 Å². The molecule has 3 aliphatic heterocycles. The van der Waals surface area contributed by atoms with Gasteiger partial charge in [0, 0.05) is 31.4 Å². The van der Waals surface area contributed by atoms with E-state index in [1.807, 2.05) is 0 Å². The van der Waals surface area contributed by atoms with Gasteiger partial charge in [-0.25, -0.2) is 9.37 Å². The van der Waals surface area contributed by atoms with Crippen LogP contribution in [-0.4, -0.2) is 65.5 Å². The lowest BCUT2D eigenvalue weighted by Gasteiger charge is -2.36. The Morgan fingerprint density at radius 3 is 2.67 bits per heavy atom. The minimum atomic E-state index is -0.468. The number of fused-ring (bicyclic) bond motifs is 1. The van der Waals surface area contributed by atoms with Crippen LogP contribution in [0.3, 0.4) is 0 Å². The molecule has 1 atom stereocenters. The summed E-state index contributed by atoms with van der Waals surface area (Å²) in [4.78, 5) is 34.0. The zero-order valence-electron chi connectivity index (χ0n) is 17.0. The summed E-state index contributed by atoms with van der Waals surface area (Å²) >= 11 is 0. The van der Waals surface area contributed by atoms with Crippen molar-refractivity contribution in [2.24, 2.45) is 5.41 Å². The van der Waals surface area contributed by atoms with Gasteiger partial charge in [0.25, 0.3) is 5.91 Å². The molecule has 158 valence electrons. The molecule has 0 bridgehead atoms. The highest BCUT2D eigenvalue weighted by Crippen LogP contribution is 2.43. The first kappa shape index (κ1) is 19.4. The van der Waals surface area contributed by atoms with Gasteiger partial charge in [-0.1, -0.05) is 18.2 Å². The van der Waals surface area contributed by atoms with Crippen molar-refractivity contribution in [2.75, 3.05) is 32.7 Å². The summed E-state index contributed by atoms with van der Waals surface area (Å²) in [6, 6.07) is 8.11. The molecule has 7 heteroatoms. The van der Waals surface area contributed by atoms with Gasteiger partial charge in [-0.2, -0.15) is 0 Å². The van der Waals surface area contributed by atoms with Crippen LogP contribution >= 0.6 is 0 Å². The summed E-state index contributed by atoms with van der Waals surface area (Å²) in [5, 5.41) is 0.668. The number of aromatic nitrogens is 1. The first-order valence-electron chi connectivity index (χ1n) is 10.8. The fraction of sp³-hybridized carbons (Fsp3) is 0.522. The van der Waals surface area contributed by atoms with Gasteiger partial charge in [-0.05, 0) is 50.9 Å². The molecule has 0 N–H and O–H groups in total. The molecular weight excluding hydrogens is 385 g/mol. The third-order valence-electron chi connectivity index (χ3n) is 6.88. The van der Waals surface area contributed by atoms with E-state index in [9.17, 15) is 14.0 Å². The van der Waals surface area contributed by atoms with Crippen LogP contribution < -0.4 is 0 Å². The van der Waals surface area contributed by atoms with Crippen molar-refractivity contribution in [2.45, 2.75) is 38.2 Å². The summed E-state index contributed by atoms with van der Waals surface area (Å²) in [5.74, 6) is -0.753. The van der Waals surface area contributed by atoms with Gasteiger partial charge < -0.3 is 9.64 Å². The number of hydrogen-bond donors (Lipinski definition) is 0. The van der Waals surface area contributed by atoms with Crippen LogP contribution in [0.4, 0.5) is 4.39 Å². The quantitative estimate of drug-likeness (QED) is 0.727. The number of para-hydroxylation sites is 1. The maximum atomic E-state index is 14.1.